The van der Waals surface area contributed by atoms with Crippen molar-refractivity contribution in [1.29, 1.82) is 0 Å². The van der Waals surface area contributed by atoms with E-state index < -0.39 is 10.0 Å². The third kappa shape index (κ3) is 4.66. The molecule has 0 spiro atoms. The molecule has 0 aliphatic rings. The van der Waals surface area contributed by atoms with Gasteiger partial charge in [0.05, 0.1) is 5.75 Å². The second-order valence-electron chi connectivity index (χ2n) is 3.61. The number of nitrogens with one attached hydrogen (secondary N) is 2. The van der Waals surface area contributed by atoms with Crippen molar-refractivity contribution in [2.75, 3.05) is 24.7 Å². The average Bonchev–Trinajstić information content (AvgIpc) is 2.28. The third-order valence-electron chi connectivity index (χ3n) is 2.20. The molecule has 96 valence electrons. The van der Waals surface area contributed by atoms with Gasteiger partial charge in [-0.1, -0.05) is 6.92 Å². The Balaban J connectivity index is 2.61. The minimum atomic E-state index is -3.17. The van der Waals surface area contributed by atoms with Gasteiger partial charge in [0.1, 0.15) is 11.6 Å². The number of sulfonamides is 1. The van der Waals surface area contributed by atoms with Crippen LogP contribution >= 0.6 is 0 Å². The Hall–Kier alpha value is -1.21. The average molecular weight is 258 g/mol. The molecule has 0 aromatic carbocycles. The molecule has 0 aliphatic heterocycles. The normalized spacial score (nSPS) is 11.5. The van der Waals surface area contributed by atoms with Crippen LogP contribution in [0.1, 0.15) is 18.4 Å². The van der Waals surface area contributed by atoms with Crippen LogP contribution < -0.4 is 10.0 Å². The Bertz CT molecular complexity index is 473. The van der Waals surface area contributed by atoms with Gasteiger partial charge in [0.25, 0.3) is 0 Å². The molecule has 1 aromatic heterocycles. The maximum absolute atomic E-state index is 11.2. The van der Waals surface area contributed by atoms with Crippen molar-refractivity contribution in [3.05, 3.63) is 17.6 Å². The van der Waals surface area contributed by atoms with Crippen LogP contribution in [0.5, 0.6) is 0 Å². The summed E-state index contributed by atoms with van der Waals surface area (Å²) < 4.78 is 24.7. The summed E-state index contributed by atoms with van der Waals surface area (Å²) in [5, 5.41) is 2.98. The van der Waals surface area contributed by atoms with Gasteiger partial charge in [-0.05, 0) is 14.0 Å². The molecule has 0 atom stereocenters. The van der Waals surface area contributed by atoms with E-state index in [4.69, 9.17) is 0 Å². The summed E-state index contributed by atoms with van der Waals surface area (Å²) >= 11 is 0. The Morgan fingerprint density at radius 1 is 1.35 bits per heavy atom. The third-order valence-corrected chi connectivity index (χ3v) is 3.57. The van der Waals surface area contributed by atoms with Crippen LogP contribution in [0.3, 0.4) is 0 Å². The second kappa shape index (κ2) is 5.92. The largest absolute Gasteiger partial charge is 0.369 e. The fourth-order valence-corrected chi connectivity index (χ4v) is 1.87. The van der Waals surface area contributed by atoms with Crippen molar-refractivity contribution in [1.82, 2.24) is 14.7 Å². The number of aryl methyl sites for hydroxylation is 2. The van der Waals surface area contributed by atoms with Gasteiger partial charge in [0.2, 0.25) is 10.0 Å². The van der Waals surface area contributed by atoms with Crippen molar-refractivity contribution in [3.8, 4) is 0 Å². The van der Waals surface area contributed by atoms with Gasteiger partial charge in [-0.25, -0.2) is 23.1 Å². The Kier molecular flexibility index (Phi) is 4.83. The Labute approximate surface area is 102 Å². The van der Waals surface area contributed by atoms with Gasteiger partial charge < -0.3 is 5.32 Å². The molecule has 17 heavy (non-hydrogen) atoms. The van der Waals surface area contributed by atoms with E-state index in [0.29, 0.717) is 12.4 Å². The molecule has 0 amide bonds. The predicted octanol–water partition coefficient (Wildman–Crippen LogP) is 0.309. The number of hydrogen-bond acceptors (Lipinski definition) is 5. The zero-order valence-electron chi connectivity index (χ0n) is 10.3. The SMILES string of the molecule is CCc1nc(C)cc(NCCS(=O)(=O)NC)n1. The number of nitrogens with zero attached hydrogens (tertiary/aromatic N) is 2. The highest BCUT2D eigenvalue weighted by Crippen LogP contribution is 2.06. The van der Waals surface area contributed by atoms with Crippen molar-refractivity contribution >= 4 is 15.8 Å². The molecule has 0 saturated heterocycles. The van der Waals surface area contributed by atoms with Gasteiger partial charge in [-0.15, -0.1) is 0 Å². The van der Waals surface area contributed by atoms with E-state index >= 15 is 0 Å². The fourth-order valence-electron chi connectivity index (χ4n) is 1.29. The maximum Gasteiger partial charge on any atom is 0.213 e. The summed E-state index contributed by atoms with van der Waals surface area (Å²) in [5.41, 5.74) is 0.871. The fraction of sp³-hybridized carbons (Fsp3) is 0.600. The van der Waals surface area contributed by atoms with Crippen LogP contribution in [-0.4, -0.2) is 37.7 Å². The summed E-state index contributed by atoms with van der Waals surface area (Å²) in [7, 11) is -1.77. The molecule has 7 heteroatoms. The lowest BCUT2D eigenvalue weighted by atomic mass is 10.3. The lowest BCUT2D eigenvalue weighted by Gasteiger charge is -2.07. The minimum Gasteiger partial charge on any atom is -0.369 e. The molecule has 0 radical (unpaired) electrons. The lowest BCUT2D eigenvalue weighted by Crippen LogP contribution is -2.26. The molecule has 1 rings (SSSR count). The van der Waals surface area contributed by atoms with Crippen molar-refractivity contribution in [2.45, 2.75) is 20.3 Å². The van der Waals surface area contributed by atoms with E-state index in [2.05, 4.69) is 20.0 Å². The van der Waals surface area contributed by atoms with E-state index in [9.17, 15) is 8.42 Å². The van der Waals surface area contributed by atoms with Crippen LogP contribution in [0.15, 0.2) is 6.07 Å². The molecule has 1 aromatic rings. The first-order valence-electron chi connectivity index (χ1n) is 5.46. The molecular formula is C10H18N4O2S. The van der Waals surface area contributed by atoms with Crippen LogP contribution in [0.2, 0.25) is 0 Å². The van der Waals surface area contributed by atoms with Crippen LogP contribution in [0.25, 0.3) is 0 Å². The maximum atomic E-state index is 11.2. The van der Waals surface area contributed by atoms with Crippen LogP contribution in [-0.2, 0) is 16.4 Å². The van der Waals surface area contributed by atoms with E-state index in [0.717, 1.165) is 17.9 Å². The molecular weight excluding hydrogens is 240 g/mol. The molecule has 0 fully saturated rings. The first-order chi connectivity index (χ1) is 7.96. The number of hydrogen-bond donors (Lipinski definition) is 2. The van der Waals surface area contributed by atoms with E-state index in [-0.39, 0.29) is 5.75 Å². The Morgan fingerprint density at radius 3 is 2.65 bits per heavy atom. The molecule has 0 aliphatic carbocycles. The predicted molar refractivity (Wildman–Crippen MR) is 67.5 cm³/mol. The molecule has 6 nitrogen and oxygen atoms in total. The van der Waals surface area contributed by atoms with Gasteiger partial charge in [0.15, 0.2) is 0 Å². The zero-order chi connectivity index (χ0) is 12.9. The summed E-state index contributed by atoms with van der Waals surface area (Å²) in [6.07, 6.45) is 0.755. The molecule has 2 N–H and O–H groups in total. The van der Waals surface area contributed by atoms with Crippen LogP contribution in [0.4, 0.5) is 5.82 Å². The van der Waals surface area contributed by atoms with E-state index in [1.165, 1.54) is 7.05 Å². The highest BCUT2D eigenvalue weighted by molar-refractivity contribution is 7.89. The van der Waals surface area contributed by atoms with Crippen molar-refractivity contribution < 1.29 is 8.42 Å². The number of aromatic nitrogens is 2. The lowest BCUT2D eigenvalue weighted by molar-refractivity contribution is 0.588. The van der Waals surface area contributed by atoms with Gasteiger partial charge in [-0.3, -0.25) is 0 Å². The van der Waals surface area contributed by atoms with Gasteiger partial charge >= 0.3 is 0 Å². The molecule has 0 saturated carbocycles. The monoisotopic (exact) mass is 258 g/mol. The zero-order valence-corrected chi connectivity index (χ0v) is 11.1. The topological polar surface area (TPSA) is 84.0 Å². The summed E-state index contributed by atoms with van der Waals surface area (Å²) in [5.74, 6) is 1.44. The quantitative estimate of drug-likeness (QED) is 0.767. The first kappa shape index (κ1) is 13.9. The minimum absolute atomic E-state index is 0.0218. The number of rotatable bonds is 6. The van der Waals surface area contributed by atoms with E-state index in [1.807, 2.05) is 13.8 Å². The van der Waals surface area contributed by atoms with Crippen LogP contribution in [0, 0.1) is 6.92 Å². The Morgan fingerprint density at radius 2 is 2.06 bits per heavy atom. The molecule has 1 heterocycles. The highest BCUT2D eigenvalue weighted by atomic mass is 32.2. The summed E-state index contributed by atoms with van der Waals surface area (Å²) in [4.78, 5) is 8.50. The van der Waals surface area contributed by atoms with Gasteiger partial charge in [-0.2, -0.15) is 0 Å². The van der Waals surface area contributed by atoms with E-state index in [1.54, 1.807) is 6.07 Å². The van der Waals surface area contributed by atoms with Crippen molar-refractivity contribution in [3.63, 3.8) is 0 Å². The van der Waals surface area contributed by atoms with Gasteiger partial charge in [0, 0.05) is 24.7 Å². The second-order valence-corrected chi connectivity index (χ2v) is 5.66. The summed E-state index contributed by atoms with van der Waals surface area (Å²) in [6, 6.07) is 1.80. The smallest absolute Gasteiger partial charge is 0.213 e. The van der Waals surface area contributed by atoms with Crippen molar-refractivity contribution in [2.24, 2.45) is 0 Å². The summed E-state index contributed by atoms with van der Waals surface area (Å²) in [6.45, 7) is 4.18. The standard InChI is InChI=1S/C10H18N4O2S/c1-4-9-13-8(2)7-10(14-9)12-5-6-17(15,16)11-3/h7,11H,4-6H2,1-3H3,(H,12,13,14). The first-order valence-corrected chi connectivity index (χ1v) is 7.11. The molecule has 0 unspecified atom stereocenters. The number of anilines is 1. The molecule has 0 bridgehead atoms. The highest BCUT2D eigenvalue weighted by Gasteiger charge is 2.06.